The minimum absolute atomic E-state index is 0.317. The third kappa shape index (κ3) is 2.74. The molecule has 1 aromatic heterocycles. The van der Waals surface area contributed by atoms with Crippen LogP contribution in [0, 0.1) is 5.41 Å². The van der Waals surface area contributed by atoms with Gasteiger partial charge in [-0.15, -0.1) is 0 Å². The van der Waals surface area contributed by atoms with E-state index in [0.717, 1.165) is 0 Å². The molecule has 0 aliphatic rings. The highest BCUT2D eigenvalue weighted by molar-refractivity contribution is 6.04. The summed E-state index contributed by atoms with van der Waals surface area (Å²) in [5.41, 5.74) is 12.4. The molecule has 1 rings (SSSR count). The van der Waals surface area contributed by atoms with Gasteiger partial charge in [0.15, 0.2) is 0 Å². The van der Waals surface area contributed by atoms with E-state index in [1.165, 1.54) is 6.20 Å². The van der Waals surface area contributed by atoms with Crippen LogP contribution < -0.4 is 11.5 Å². The molecular formula is C9H16N4. The van der Waals surface area contributed by atoms with Crippen molar-refractivity contribution in [2.75, 3.05) is 11.5 Å². The first-order chi connectivity index (χ1) is 6.13. The molecule has 0 aliphatic carbocycles. The van der Waals surface area contributed by atoms with E-state index in [1.54, 1.807) is 13.0 Å². The summed E-state index contributed by atoms with van der Waals surface area (Å²) in [5.74, 6) is 0.317. The lowest BCUT2D eigenvalue weighted by atomic mass is 10.1. The summed E-state index contributed by atoms with van der Waals surface area (Å²) in [6.07, 6.45) is 1.52. The number of aromatic nitrogens is 1. The molecule has 4 nitrogen and oxygen atoms in total. The molecule has 1 aromatic rings. The number of nitrogens with zero attached hydrogens (tertiary/aromatic N) is 1. The van der Waals surface area contributed by atoms with Gasteiger partial charge in [0, 0.05) is 17.6 Å². The normalized spacial score (nSPS) is 8.54. The number of nitrogens with one attached hydrogen (secondary N) is 1. The minimum atomic E-state index is 0.317. The maximum absolute atomic E-state index is 7.32. The second-order valence-electron chi connectivity index (χ2n) is 2.29. The van der Waals surface area contributed by atoms with Gasteiger partial charge in [-0.2, -0.15) is 0 Å². The molecule has 0 spiro atoms. The molecule has 0 saturated heterocycles. The SMILES string of the molecule is CC.CC(=N)c1c(N)ccnc1N. The zero-order valence-corrected chi connectivity index (χ0v) is 8.26. The monoisotopic (exact) mass is 180 g/mol. The smallest absolute Gasteiger partial charge is 0.134 e. The van der Waals surface area contributed by atoms with Crippen LogP contribution in [0.2, 0.25) is 0 Å². The van der Waals surface area contributed by atoms with Crippen molar-refractivity contribution in [2.45, 2.75) is 20.8 Å². The molecule has 0 atom stereocenters. The molecule has 0 unspecified atom stereocenters. The average molecular weight is 180 g/mol. The van der Waals surface area contributed by atoms with Gasteiger partial charge in [0.2, 0.25) is 0 Å². The number of hydrogen-bond donors (Lipinski definition) is 3. The van der Waals surface area contributed by atoms with Gasteiger partial charge in [-0.25, -0.2) is 4.98 Å². The molecule has 5 N–H and O–H groups in total. The van der Waals surface area contributed by atoms with Gasteiger partial charge in [-0.1, -0.05) is 13.8 Å². The van der Waals surface area contributed by atoms with Crippen LogP contribution in [0.1, 0.15) is 26.3 Å². The van der Waals surface area contributed by atoms with Gasteiger partial charge in [-0.3, -0.25) is 0 Å². The first-order valence-electron chi connectivity index (χ1n) is 4.18. The predicted octanol–water partition coefficient (Wildman–Crippen LogP) is 1.66. The van der Waals surface area contributed by atoms with Crippen molar-refractivity contribution in [2.24, 2.45) is 0 Å². The van der Waals surface area contributed by atoms with E-state index in [2.05, 4.69) is 4.98 Å². The third-order valence-electron chi connectivity index (χ3n) is 1.39. The van der Waals surface area contributed by atoms with Crippen molar-refractivity contribution < 1.29 is 0 Å². The molecule has 72 valence electrons. The Morgan fingerprint density at radius 3 is 2.23 bits per heavy atom. The number of nitrogens with two attached hydrogens (primary N) is 2. The molecule has 0 aliphatic heterocycles. The first-order valence-corrected chi connectivity index (χ1v) is 4.18. The number of rotatable bonds is 1. The molecule has 1 heterocycles. The Bertz CT molecular complexity index is 273. The van der Waals surface area contributed by atoms with Gasteiger partial charge in [0.25, 0.3) is 0 Å². The summed E-state index contributed by atoms with van der Waals surface area (Å²) in [6.45, 7) is 5.63. The maximum atomic E-state index is 7.32. The van der Waals surface area contributed by atoms with Crippen molar-refractivity contribution in [3.05, 3.63) is 17.8 Å². The van der Waals surface area contributed by atoms with Crippen LogP contribution in [-0.4, -0.2) is 10.7 Å². The van der Waals surface area contributed by atoms with Crippen molar-refractivity contribution in [3.63, 3.8) is 0 Å². The zero-order chi connectivity index (χ0) is 10.4. The van der Waals surface area contributed by atoms with Crippen molar-refractivity contribution in [1.29, 1.82) is 5.41 Å². The second-order valence-corrected chi connectivity index (χ2v) is 2.29. The molecule has 0 bridgehead atoms. The fraction of sp³-hybridized carbons (Fsp3) is 0.333. The highest BCUT2D eigenvalue weighted by Crippen LogP contribution is 2.16. The zero-order valence-electron chi connectivity index (χ0n) is 8.26. The molecule has 0 aromatic carbocycles. The number of nitrogen functional groups attached to an aromatic ring is 2. The van der Waals surface area contributed by atoms with Gasteiger partial charge < -0.3 is 16.9 Å². The number of pyridine rings is 1. The molecule has 0 fully saturated rings. The molecule has 0 amide bonds. The predicted molar refractivity (Wildman–Crippen MR) is 56.9 cm³/mol. The van der Waals surface area contributed by atoms with E-state index in [1.807, 2.05) is 13.8 Å². The quantitative estimate of drug-likeness (QED) is 0.574. The van der Waals surface area contributed by atoms with Crippen LogP contribution >= 0.6 is 0 Å². The van der Waals surface area contributed by atoms with Gasteiger partial charge in [-0.05, 0) is 13.0 Å². The topological polar surface area (TPSA) is 88.8 Å². The van der Waals surface area contributed by atoms with E-state index in [0.29, 0.717) is 22.8 Å². The van der Waals surface area contributed by atoms with Crippen LogP contribution in [0.3, 0.4) is 0 Å². The Kier molecular flexibility index (Phi) is 4.51. The highest BCUT2D eigenvalue weighted by atomic mass is 14.8. The Hall–Kier alpha value is -1.58. The van der Waals surface area contributed by atoms with Crippen molar-refractivity contribution in [3.8, 4) is 0 Å². The summed E-state index contributed by atoms with van der Waals surface area (Å²) in [5, 5.41) is 7.32. The lowest BCUT2D eigenvalue weighted by Gasteiger charge is -2.04. The van der Waals surface area contributed by atoms with Crippen molar-refractivity contribution >= 4 is 17.2 Å². The first kappa shape index (κ1) is 11.4. The lowest BCUT2D eigenvalue weighted by Crippen LogP contribution is -2.05. The van der Waals surface area contributed by atoms with E-state index in [-0.39, 0.29) is 0 Å². The number of anilines is 2. The van der Waals surface area contributed by atoms with Gasteiger partial charge in [0.05, 0.1) is 5.56 Å². The Labute approximate surface area is 78.5 Å². The van der Waals surface area contributed by atoms with Gasteiger partial charge >= 0.3 is 0 Å². The van der Waals surface area contributed by atoms with Crippen molar-refractivity contribution in [1.82, 2.24) is 4.98 Å². The Balaban J connectivity index is 0.000000671. The van der Waals surface area contributed by atoms with Gasteiger partial charge in [0.1, 0.15) is 5.82 Å². The molecule has 0 saturated carbocycles. The van der Waals surface area contributed by atoms with Crippen LogP contribution in [0.4, 0.5) is 11.5 Å². The fourth-order valence-electron chi connectivity index (χ4n) is 0.902. The fourth-order valence-corrected chi connectivity index (χ4v) is 0.902. The Morgan fingerprint density at radius 2 is 1.92 bits per heavy atom. The maximum Gasteiger partial charge on any atom is 0.134 e. The van der Waals surface area contributed by atoms with Crippen LogP contribution in [0.15, 0.2) is 12.3 Å². The average Bonchev–Trinajstić information content (AvgIpc) is 2.07. The summed E-state index contributed by atoms with van der Waals surface area (Å²) in [7, 11) is 0. The lowest BCUT2D eigenvalue weighted by molar-refractivity contribution is 1.31. The largest absolute Gasteiger partial charge is 0.398 e. The molecule has 4 heteroatoms. The summed E-state index contributed by atoms with van der Waals surface area (Å²) in [4.78, 5) is 3.82. The summed E-state index contributed by atoms with van der Waals surface area (Å²) >= 11 is 0. The van der Waals surface area contributed by atoms with E-state index < -0.39 is 0 Å². The molecule has 0 radical (unpaired) electrons. The minimum Gasteiger partial charge on any atom is -0.398 e. The van der Waals surface area contributed by atoms with Crippen LogP contribution in [0.25, 0.3) is 0 Å². The molecular weight excluding hydrogens is 164 g/mol. The highest BCUT2D eigenvalue weighted by Gasteiger charge is 2.05. The van der Waals surface area contributed by atoms with Crippen LogP contribution in [0.5, 0.6) is 0 Å². The van der Waals surface area contributed by atoms with E-state index in [4.69, 9.17) is 16.9 Å². The standard InChI is InChI=1S/C7H10N4.C2H6/c1-4(8)6-5(9)2-3-11-7(6)10;1-2/h2-3,8H,1H3,(H4,9,10,11);1-2H3. The van der Waals surface area contributed by atoms with Crippen LogP contribution in [-0.2, 0) is 0 Å². The third-order valence-corrected chi connectivity index (χ3v) is 1.39. The summed E-state index contributed by atoms with van der Waals surface area (Å²) in [6, 6.07) is 1.63. The van der Waals surface area contributed by atoms with E-state index in [9.17, 15) is 0 Å². The second kappa shape index (κ2) is 5.13. The number of hydrogen-bond acceptors (Lipinski definition) is 4. The molecule has 13 heavy (non-hydrogen) atoms. The summed E-state index contributed by atoms with van der Waals surface area (Å²) < 4.78 is 0. The van der Waals surface area contributed by atoms with E-state index >= 15 is 0 Å². The Morgan fingerprint density at radius 1 is 1.38 bits per heavy atom.